The van der Waals surface area contributed by atoms with Crippen LogP contribution in [0.1, 0.15) is 33.3 Å². The molecule has 1 aromatic heterocycles. The van der Waals surface area contributed by atoms with Gasteiger partial charge in [-0.05, 0) is 49.9 Å². The normalized spacial score (nSPS) is 10.6. The molecule has 0 saturated heterocycles. The van der Waals surface area contributed by atoms with Crippen molar-refractivity contribution >= 4 is 23.0 Å². The number of nitrogens with two attached hydrogens (primary N) is 1. The van der Waals surface area contributed by atoms with Crippen LogP contribution in [0.4, 0.5) is 5.69 Å². The molecular formula is C16H19NO2S. The maximum absolute atomic E-state index is 11.9. The second-order valence-corrected chi connectivity index (χ2v) is 5.79. The number of rotatable bonds is 3. The SMILES string of the molecule is CCOC(=O)c1sc(-c2cccc(C)c2C)c(C)c1N. The zero-order valence-corrected chi connectivity index (χ0v) is 13.1. The zero-order chi connectivity index (χ0) is 14.9. The van der Waals surface area contributed by atoms with Crippen LogP contribution < -0.4 is 5.73 Å². The molecule has 0 saturated carbocycles. The molecule has 0 bridgehead atoms. The third kappa shape index (κ3) is 2.43. The molecule has 0 spiro atoms. The van der Waals surface area contributed by atoms with Crippen LogP contribution in [0.2, 0.25) is 0 Å². The van der Waals surface area contributed by atoms with Gasteiger partial charge in [-0.2, -0.15) is 0 Å². The van der Waals surface area contributed by atoms with Crippen LogP contribution in [0.25, 0.3) is 10.4 Å². The fourth-order valence-corrected chi connectivity index (χ4v) is 3.33. The minimum atomic E-state index is -0.338. The molecule has 1 heterocycles. The summed E-state index contributed by atoms with van der Waals surface area (Å²) in [6.45, 7) is 8.27. The van der Waals surface area contributed by atoms with Crippen LogP contribution in [-0.4, -0.2) is 12.6 Å². The molecule has 2 aromatic rings. The summed E-state index contributed by atoms with van der Waals surface area (Å²) in [5.41, 5.74) is 11.1. The van der Waals surface area contributed by atoms with Gasteiger partial charge in [0.2, 0.25) is 0 Å². The van der Waals surface area contributed by atoms with E-state index in [0.717, 1.165) is 16.0 Å². The second-order valence-electron chi connectivity index (χ2n) is 4.77. The van der Waals surface area contributed by atoms with E-state index < -0.39 is 0 Å². The van der Waals surface area contributed by atoms with E-state index in [2.05, 4.69) is 26.0 Å². The highest BCUT2D eigenvalue weighted by Crippen LogP contribution is 2.40. The molecule has 0 aliphatic heterocycles. The average molecular weight is 289 g/mol. The lowest BCUT2D eigenvalue weighted by Crippen LogP contribution is -2.05. The number of nitrogen functional groups attached to an aromatic ring is 1. The van der Waals surface area contributed by atoms with Gasteiger partial charge in [-0.25, -0.2) is 4.79 Å². The monoisotopic (exact) mass is 289 g/mol. The molecule has 2 rings (SSSR count). The average Bonchev–Trinajstić information content (AvgIpc) is 2.70. The Morgan fingerprint density at radius 2 is 1.95 bits per heavy atom. The van der Waals surface area contributed by atoms with Gasteiger partial charge < -0.3 is 10.5 Å². The minimum absolute atomic E-state index is 0.338. The van der Waals surface area contributed by atoms with Crippen molar-refractivity contribution in [3.63, 3.8) is 0 Å². The number of aryl methyl sites for hydroxylation is 1. The third-order valence-electron chi connectivity index (χ3n) is 3.50. The van der Waals surface area contributed by atoms with E-state index >= 15 is 0 Å². The van der Waals surface area contributed by atoms with E-state index in [-0.39, 0.29) is 5.97 Å². The summed E-state index contributed by atoms with van der Waals surface area (Å²) in [7, 11) is 0. The highest BCUT2D eigenvalue weighted by atomic mass is 32.1. The Hall–Kier alpha value is -1.81. The molecule has 0 amide bonds. The van der Waals surface area contributed by atoms with Crippen molar-refractivity contribution in [1.82, 2.24) is 0 Å². The number of carbonyl (C=O) groups is 1. The van der Waals surface area contributed by atoms with Gasteiger partial charge >= 0.3 is 5.97 Å². The number of hydrogen-bond acceptors (Lipinski definition) is 4. The van der Waals surface area contributed by atoms with Gasteiger partial charge in [0.1, 0.15) is 4.88 Å². The third-order valence-corrected chi connectivity index (χ3v) is 4.82. The van der Waals surface area contributed by atoms with Crippen molar-refractivity contribution in [1.29, 1.82) is 0 Å². The summed E-state index contributed by atoms with van der Waals surface area (Å²) >= 11 is 1.41. The largest absolute Gasteiger partial charge is 0.462 e. The number of hydrogen-bond donors (Lipinski definition) is 1. The smallest absolute Gasteiger partial charge is 0.350 e. The Morgan fingerprint density at radius 3 is 2.60 bits per heavy atom. The number of carbonyl (C=O) groups excluding carboxylic acids is 1. The molecule has 0 aliphatic rings. The van der Waals surface area contributed by atoms with Gasteiger partial charge in [-0.3, -0.25) is 0 Å². The van der Waals surface area contributed by atoms with Crippen LogP contribution in [0.15, 0.2) is 18.2 Å². The molecule has 0 unspecified atom stereocenters. The Morgan fingerprint density at radius 1 is 1.25 bits per heavy atom. The summed E-state index contributed by atoms with van der Waals surface area (Å²) in [6, 6.07) is 6.17. The maximum Gasteiger partial charge on any atom is 0.350 e. The van der Waals surface area contributed by atoms with Gasteiger partial charge in [0.15, 0.2) is 0 Å². The van der Waals surface area contributed by atoms with E-state index in [1.54, 1.807) is 6.92 Å². The molecule has 0 atom stereocenters. The lowest BCUT2D eigenvalue weighted by molar-refractivity contribution is 0.0533. The number of benzene rings is 1. The zero-order valence-electron chi connectivity index (χ0n) is 12.2. The topological polar surface area (TPSA) is 52.3 Å². The van der Waals surface area contributed by atoms with E-state index in [1.165, 1.54) is 22.5 Å². The van der Waals surface area contributed by atoms with E-state index in [1.807, 2.05) is 13.0 Å². The van der Waals surface area contributed by atoms with E-state index in [4.69, 9.17) is 10.5 Å². The molecule has 20 heavy (non-hydrogen) atoms. The van der Waals surface area contributed by atoms with Crippen molar-refractivity contribution < 1.29 is 9.53 Å². The van der Waals surface area contributed by atoms with Crippen LogP contribution >= 0.6 is 11.3 Å². The van der Waals surface area contributed by atoms with E-state index in [9.17, 15) is 4.79 Å². The number of esters is 1. The van der Waals surface area contributed by atoms with Crippen LogP contribution in [0.3, 0.4) is 0 Å². The molecule has 1 aromatic carbocycles. The predicted molar refractivity (Wildman–Crippen MR) is 84.3 cm³/mol. The van der Waals surface area contributed by atoms with Crippen molar-refractivity contribution in [3.05, 3.63) is 39.8 Å². The molecule has 106 valence electrons. The van der Waals surface area contributed by atoms with Crippen molar-refractivity contribution in [3.8, 4) is 10.4 Å². The van der Waals surface area contributed by atoms with Crippen molar-refractivity contribution in [2.75, 3.05) is 12.3 Å². The highest BCUT2D eigenvalue weighted by molar-refractivity contribution is 7.18. The summed E-state index contributed by atoms with van der Waals surface area (Å²) < 4.78 is 5.06. The number of anilines is 1. The van der Waals surface area contributed by atoms with Crippen molar-refractivity contribution in [2.24, 2.45) is 0 Å². The molecule has 0 radical (unpaired) electrons. The first-order valence-electron chi connectivity index (χ1n) is 6.59. The van der Waals surface area contributed by atoms with E-state index in [0.29, 0.717) is 17.2 Å². The number of thiophene rings is 1. The summed E-state index contributed by atoms with van der Waals surface area (Å²) in [5, 5.41) is 0. The first kappa shape index (κ1) is 14.6. The van der Waals surface area contributed by atoms with Crippen LogP contribution in [-0.2, 0) is 4.74 Å². The van der Waals surface area contributed by atoms with Gasteiger partial charge in [-0.15, -0.1) is 11.3 Å². The molecular weight excluding hydrogens is 270 g/mol. The predicted octanol–water partition coefficient (Wildman–Crippen LogP) is 4.10. The van der Waals surface area contributed by atoms with Gasteiger partial charge in [0, 0.05) is 4.88 Å². The fourth-order valence-electron chi connectivity index (χ4n) is 2.13. The quantitative estimate of drug-likeness (QED) is 0.865. The molecule has 0 fully saturated rings. The molecule has 0 aliphatic carbocycles. The van der Waals surface area contributed by atoms with Gasteiger partial charge in [0.05, 0.1) is 12.3 Å². The first-order chi connectivity index (χ1) is 9.47. The Kier molecular flexibility index (Phi) is 4.14. The highest BCUT2D eigenvalue weighted by Gasteiger charge is 2.21. The standard InChI is InChI=1S/C16H19NO2S/c1-5-19-16(18)15-13(17)11(4)14(20-15)12-8-6-7-9(2)10(12)3/h6-8H,5,17H2,1-4H3. The van der Waals surface area contributed by atoms with Gasteiger partial charge in [-0.1, -0.05) is 18.2 Å². The maximum atomic E-state index is 11.9. The molecule has 2 N–H and O–H groups in total. The molecule has 4 heteroatoms. The van der Waals surface area contributed by atoms with Crippen LogP contribution in [0.5, 0.6) is 0 Å². The Labute approximate surface area is 123 Å². The summed E-state index contributed by atoms with van der Waals surface area (Å²) in [5.74, 6) is -0.338. The summed E-state index contributed by atoms with van der Waals surface area (Å²) in [4.78, 5) is 13.5. The second kappa shape index (κ2) is 5.67. The lowest BCUT2D eigenvalue weighted by atomic mass is 10.00. The van der Waals surface area contributed by atoms with Gasteiger partial charge in [0.25, 0.3) is 0 Å². The Bertz CT molecular complexity index is 659. The molecule has 3 nitrogen and oxygen atoms in total. The van der Waals surface area contributed by atoms with Crippen molar-refractivity contribution in [2.45, 2.75) is 27.7 Å². The number of ether oxygens (including phenoxy) is 1. The lowest BCUT2D eigenvalue weighted by Gasteiger charge is -2.07. The summed E-state index contributed by atoms with van der Waals surface area (Å²) in [6.07, 6.45) is 0. The minimum Gasteiger partial charge on any atom is -0.462 e. The van der Waals surface area contributed by atoms with Crippen LogP contribution in [0, 0.1) is 20.8 Å². The Balaban J connectivity index is 2.56. The fraction of sp³-hybridized carbons (Fsp3) is 0.312. The first-order valence-corrected chi connectivity index (χ1v) is 7.41.